The van der Waals surface area contributed by atoms with Gasteiger partial charge in [-0.1, -0.05) is 44.2 Å². The van der Waals surface area contributed by atoms with Crippen LogP contribution in [-0.4, -0.2) is 0 Å². The zero-order valence-corrected chi connectivity index (χ0v) is 7.96. The van der Waals surface area contributed by atoms with Crippen LogP contribution in [0.15, 0.2) is 36.0 Å². The lowest BCUT2D eigenvalue weighted by Gasteiger charge is -1.94. The highest BCUT2D eigenvalue weighted by Gasteiger charge is 1.84. The van der Waals surface area contributed by atoms with Crippen molar-refractivity contribution in [1.29, 1.82) is 0 Å². The smallest absolute Gasteiger partial charge is 0.0287 e. The third-order valence-electron chi connectivity index (χ3n) is 1.37. The maximum absolute atomic E-state index is 2.20. The summed E-state index contributed by atoms with van der Waals surface area (Å²) in [4.78, 5) is 0. The van der Waals surface area contributed by atoms with Crippen LogP contribution in [0.1, 0.15) is 27.7 Å². The SMILES string of the molecule is C\C=C/C(/C=C/C(C)C)=C\C. The lowest BCUT2D eigenvalue weighted by molar-refractivity contribution is 0.831. The van der Waals surface area contributed by atoms with E-state index in [1.165, 1.54) is 5.57 Å². The van der Waals surface area contributed by atoms with Crippen molar-refractivity contribution in [3.8, 4) is 0 Å². The van der Waals surface area contributed by atoms with Crippen molar-refractivity contribution in [3.05, 3.63) is 36.0 Å². The lowest BCUT2D eigenvalue weighted by atomic mass is 10.1. The lowest BCUT2D eigenvalue weighted by Crippen LogP contribution is -1.78. The molecule has 0 aliphatic heterocycles. The third kappa shape index (κ3) is 5.65. The monoisotopic (exact) mass is 150 g/mol. The molecule has 0 N–H and O–H groups in total. The van der Waals surface area contributed by atoms with Crippen LogP contribution in [0, 0.1) is 5.92 Å². The van der Waals surface area contributed by atoms with Gasteiger partial charge in [0.25, 0.3) is 0 Å². The molecule has 0 saturated carbocycles. The molecule has 0 radical (unpaired) electrons. The fourth-order valence-corrected chi connectivity index (χ4v) is 0.744. The van der Waals surface area contributed by atoms with Crippen LogP contribution in [0.3, 0.4) is 0 Å². The Morgan fingerprint density at radius 2 is 1.73 bits per heavy atom. The molecule has 0 aromatic rings. The molecule has 0 aromatic heterocycles. The van der Waals surface area contributed by atoms with E-state index in [2.05, 4.69) is 51.2 Å². The van der Waals surface area contributed by atoms with E-state index < -0.39 is 0 Å². The first kappa shape index (κ1) is 10.2. The van der Waals surface area contributed by atoms with Crippen molar-refractivity contribution in [2.45, 2.75) is 27.7 Å². The maximum atomic E-state index is 2.20. The van der Waals surface area contributed by atoms with Gasteiger partial charge in [-0.2, -0.15) is 0 Å². The van der Waals surface area contributed by atoms with Crippen molar-refractivity contribution in [1.82, 2.24) is 0 Å². The summed E-state index contributed by atoms with van der Waals surface area (Å²) in [6.07, 6.45) is 10.6. The molecule has 0 aliphatic rings. The first-order valence-electron chi connectivity index (χ1n) is 4.18. The second-order valence-corrected chi connectivity index (χ2v) is 2.89. The van der Waals surface area contributed by atoms with Crippen molar-refractivity contribution < 1.29 is 0 Å². The van der Waals surface area contributed by atoms with Crippen LogP contribution in [0.25, 0.3) is 0 Å². The molecule has 0 nitrogen and oxygen atoms in total. The molecule has 0 saturated heterocycles. The predicted octanol–water partition coefficient (Wildman–Crippen LogP) is 3.72. The van der Waals surface area contributed by atoms with Gasteiger partial charge in [-0.15, -0.1) is 0 Å². The Kier molecular flexibility index (Phi) is 5.54. The van der Waals surface area contributed by atoms with Crippen LogP contribution in [0.2, 0.25) is 0 Å². The molecule has 0 bridgehead atoms. The van der Waals surface area contributed by atoms with Gasteiger partial charge in [0.15, 0.2) is 0 Å². The highest BCUT2D eigenvalue weighted by Crippen LogP contribution is 2.02. The minimum Gasteiger partial charge on any atom is -0.0871 e. The Balaban J connectivity index is 4.10. The molecule has 62 valence electrons. The topological polar surface area (TPSA) is 0 Å². The number of rotatable bonds is 3. The average molecular weight is 150 g/mol. The van der Waals surface area contributed by atoms with Gasteiger partial charge in [0.1, 0.15) is 0 Å². The Morgan fingerprint density at radius 3 is 2.09 bits per heavy atom. The van der Waals surface area contributed by atoms with Gasteiger partial charge in [-0.25, -0.2) is 0 Å². The first-order chi connectivity index (χ1) is 5.20. The largest absolute Gasteiger partial charge is 0.0871 e. The zero-order chi connectivity index (χ0) is 8.69. The fourth-order valence-electron chi connectivity index (χ4n) is 0.744. The summed E-state index contributed by atoms with van der Waals surface area (Å²) in [6, 6.07) is 0. The quantitative estimate of drug-likeness (QED) is 0.538. The summed E-state index contributed by atoms with van der Waals surface area (Å²) in [6.45, 7) is 8.45. The molecule has 0 atom stereocenters. The molecule has 0 aromatic carbocycles. The van der Waals surface area contributed by atoms with Gasteiger partial charge in [-0.3, -0.25) is 0 Å². The standard InChI is InChI=1S/C11H18/c1-5-7-11(6-2)9-8-10(3)4/h5-10H,1-4H3/b7-5-,9-8+,11-6+. The second kappa shape index (κ2) is 5.96. The molecular formula is C11H18. The van der Waals surface area contributed by atoms with E-state index in [0.717, 1.165) is 0 Å². The normalized spacial score (nSPS) is 14.1. The summed E-state index contributed by atoms with van der Waals surface area (Å²) >= 11 is 0. The predicted molar refractivity (Wildman–Crippen MR) is 52.5 cm³/mol. The van der Waals surface area contributed by atoms with Gasteiger partial charge >= 0.3 is 0 Å². The van der Waals surface area contributed by atoms with Gasteiger partial charge in [0, 0.05) is 0 Å². The highest BCUT2D eigenvalue weighted by molar-refractivity contribution is 5.29. The van der Waals surface area contributed by atoms with E-state index in [9.17, 15) is 0 Å². The molecule has 0 unspecified atom stereocenters. The van der Waals surface area contributed by atoms with Crippen LogP contribution in [0.5, 0.6) is 0 Å². The van der Waals surface area contributed by atoms with Crippen LogP contribution < -0.4 is 0 Å². The van der Waals surface area contributed by atoms with E-state index >= 15 is 0 Å². The molecule has 0 fully saturated rings. The molecule has 0 heteroatoms. The van der Waals surface area contributed by atoms with Gasteiger partial charge in [-0.05, 0) is 25.3 Å². The molecule has 0 heterocycles. The van der Waals surface area contributed by atoms with E-state index in [1.807, 2.05) is 6.92 Å². The number of allylic oxidation sites excluding steroid dienone is 6. The van der Waals surface area contributed by atoms with E-state index in [-0.39, 0.29) is 0 Å². The molecule has 0 amide bonds. The summed E-state index contributed by atoms with van der Waals surface area (Å²) in [5.74, 6) is 0.634. The molecule has 0 spiro atoms. The number of hydrogen-bond acceptors (Lipinski definition) is 0. The zero-order valence-electron chi connectivity index (χ0n) is 7.96. The van der Waals surface area contributed by atoms with E-state index in [1.54, 1.807) is 0 Å². The van der Waals surface area contributed by atoms with Gasteiger partial charge in [0.2, 0.25) is 0 Å². The molecule has 11 heavy (non-hydrogen) atoms. The average Bonchev–Trinajstić information content (AvgIpc) is 1.97. The summed E-state index contributed by atoms with van der Waals surface area (Å²) in [7, 11) is 0. The van der Waals surface area contributed by atoms with E-state index in [4.69, 9.17) is 0 Å². The summed E-state index contributed by atoms with van der Waals surface area (Å²) < 4.78 is 0. The van der Waals surface area contributed by atoms with Crippen molar-refractivity contribution in [2.24, 2.45) is 5.92 Å². The summed E-state index contributed by atoms with van der Waals surface area (Å²) in [5, 5.41) is 0. The van der Waals surface area contributed by atoms with Crippen molar-refractivity contribution in [3.63, 3.8) is 0 Å². The van der Waals surface area contributed by atoms with Crippen LogP contribution in [0.4, 0.5) is 0 Å². The third-order valence-corrected chi connectivity index (χ3v) is 1.37. The molecule has 0 aliphatic carbocycles. The Labute approximate surface area is 70.3 Å². The Hall–Kier alpha value is -0.780. The first-order valence-corrected chi connectivity index (χ1v) is 4.18. The van der Waals surface area contributed by atoms with Crippen molar-refractivity contribution >= 4 is 0 Å². The van der Waals surface area contributed by atoms with E-state index in [0.29, 0.717) is 5.92 Å². The molecule has 0 rings (SSSR count). The maximum Gasteiger partial charge on any atom is -0.0287 e. The summed E-state index contributed by atoms with van der Waals surface area (Å²) in [5.41, 5.74) is 1.28. The van der Waals surface area contributed by atoms with Gasteiger partial charge < -0.3 is 0 Å². The Morgan fingerprint density at radius 1 is 1.09 bits per heavy atom. The highest BCUT2D eigenvalue weighted by atomic mass is 13.9. The van der Waals surface area contributed by atoms with Gasteiger partial charge in [0.05, 0.1) is 0 Å². The number of hydrogen-bond donors (Lipinski definition) is 0. The van der Waals surface area contributed by atoms with Crippen LogP contribution >= 0.6 is 0 Å². The fraction of sp³-hybridized carbons (Fsp3) is 0.455. The second-order valence-electron chi connectivity index (χ2n) is 2.89. The van der Waals surface area contributed by atoms with Crippen molar-refractivity contribution in [2.75, 3.05) is 0 Å². The minimum atomic E-state index is 0.634. The Bertz CT molecular complexity index is 168. The molecular weight excluding hydrogens is 132 g/mol. The van der Waals surface area contributed by atoms with Crippen LogP contribution in [-0.2, 0) is 0 Å². The minimum absolute atomic E-state index is 0.634.